The van der Waals surface area contributed by atoms with Crippen molar-refractivity contribution in [2.24, 2.45) is 22.1 Å². The van der Waals surface area contributed by atoms with Gasteiger partial charge in [0.1, 0.15) is 18.7 Å². The fourth-order valence-electron chi connectivity index (χ4n) is 9.82. The number of carbonyl (C=O) groups is 7. The summed E-state index contributed by atoms with van der Waals surface area (Å²) < 4.78 is 29.5. The van der Waals surface area contributed by atoms with Crippen molar-refractivity contribution in [3.8, 4) is 23.0 Å². The van der Waals surface area contributed by atoms with Crippen molar-refractivity contribution >= 4 is 64.8 Å². The number of anilines is 2. The summed E-state index contributed by atoms with van der Waals surface area (Å²) in [4.78, 5) is 101. The third-order valence-electron chi connectivity index (χ3n) is 14.4. The van der Waals surface area contributed by atoms with E-state index in [4.69, 9.17) is 29.4 Å². The Labute approximate surface area is 445 Å². The molecule has 412 valence electrons. The molecule has 7 amide bonds. The van der Waals surface area contributed by atoms with Gasteiger partial charge in [0.05, 0.1) is 81.7 Å². The minimum absolute atomic E-state index is 0.0980. The van der Waals surface area contributed by atoms with Crippen LogP contribution in [0.1, 0.15) is 92.0 Å². The first kappa shape index (κ1) is 55.5. The number of nitrogens with zero attached hydrogens (tertiary/aromatic N) is 4. The Balaban J connectivity index is 0.871. The Kier molecular flexibility index (Phi) is 17.3. The van der Waals surface area contributed by atoms with Gasteiger partial charge in [0.25, 0.3) is 11.8 Å². The zero-order valence-corrected chi connectivity index (χ0v) is 43.8. The zero-order valence-electron chi connectivity index (χ0n) is 43.8. The van der Waals surface area contributed by atoms with Crippen molar-refractivity contribution < 1.29 is 67.5 Å². The SMILES string of the molecule is COc1cc2c(cc1OCCCCCOc1cc3c(cc1OC)C(=O)N1CC4(CC4)C[C@H]1C(O)N3C(=O)OCc1ccc(NC(=O)[C@H](C)NC(=O)[C@@H](NC(=O)CNC(=O)CN)C(C)C)cc1)N=C[C@@H]1CC(CO)=CN1C2=O. The van der Waals surface area contributed by atoms with Crippen LogP contribution < -0.4 is 50.8 Å². The molecule has 23 nitrogen and oxygen atoms in total. The topological polar surface area (TPSA) is 302 Å². The highest BCUT2D eigenvalue weighted by molar-refractivity contribution is 6.06. The van der Waals surface area contributed by atoms with Crippen LogP contribution in [0.3, 0.4) is 0 Å². The molecular formula is C54H67N9O14. The molecule has 1 unspecified atom stereocenters. The van der Waals surface area contributed by atoms with E-state index in [0.717, 1.165) is 23.3 Å². The van der Waals surface area contributed by atoms with Crippen LogP contribution in [0.15, 0.2) is 65.3 Å². The average Bonchev–Trinajstić information content (AvgIpc) is 3.95. The number of hydrogen-bond acceptors (Lipinski definition) is 16. The van der Waals surface area contributed by atoms with Gasteiger partial charge in [0, 0.05) is 36.8 Å². The molecule has 4 aliphatic heterocycles. The van der Waals surface area contributed by atoms with Gasteiger partial charge in [0.15, 0.2) is 29.2 Å². The van der Waals surface area contributed by atoms with Gasteiger partial charge in [-0.05, 0) is 98.6 Å². The molecule has 5 aliphatic rings. The molecule has 3 aromatic carbocycles. The number of carbonyl (C=O) groups excluding carboxylic acids is 7. The van der Waals surface area contributed by atoms with E-state index in [2.05, 4.69) is 26.3 Å². The molecule has 1 saturated carbocycles. The van der Waals surface area contributed by atoms with Gasteiger partial charge < -0.3 is 70.7 Å². The second-order valence-electron chi connectivity index (χ2n) is 20.2. The summed E-state index contributed by atoms with van der Waals surface area (Å²) in [7, 11) is 2.95. The van der Waals surface area contributed by atoms with Crippen LogP contribution in [-0.4, -0.2) is 152 Å². The number of rotatable bonds is 22. The van der Waals surface area contributed by atoms with Gasteiger partial charge in [-0.1, -0.05) is 26.0 Å². The van der Waals surface area contributed by atoms with Gasteiger partial charge in [-0.3, -0.25) is 33.8 Å². The van der Waals surface area contributed by atoms with Crippen LogP contribution in [0.5, 0.6) is 23.0 Å². The number of hydrogen-bond donors (Lipinski definition) is 7. The summed E-state index contributed by atoms with van der Waals surface area (Å²) in [5.41, 5.74) is 7.88. The number of nitrogens with two attached hydrogens (primary N) is 1. The molecule has 1 saturated heterocycles. The third-order valence-corrected chi connectivity index (χ3v) is 14.4. The number of benzene rings is 3. The monoisotopic (exact) mass is 1070 g/mol. The lowest BCUT2D eigenvalue weighted by molar-refractivity contribution is -0.132. The summed E-state index contributed by atoms with van der Waals surface area (Å²) in [6.45, 7) is 4.91. The number of methoxy groups -OCH3 is 2. The number of ether oxygens (including phenoxy) is 5. The molecule has 4 heterocycles. The lowest BCUT2D eigenvalue weighted by Gasteiger charge is -2.31. The summed E-state index contributed by atoms with van der Waals surface area (Å²) in [5.74, 6) is -1.87. The number of aliphatic hydroxyl groups excluding tert-OH is 2. The van der Waals surface area contributed by atoms with E-state index in [9.17, 15) is 43.8 Å². The molecule has 3 aromatic rings. The van der Waals surface area contributed by atoms with Crippen molar-refractivity contribution in [1.29, 1.82) is 0 Å². The minimum Gasteiger partial charge on any atom is -0.493 e. The van der Waals surface area contributed by atoms with Gasteiger partial charge in [-0.15, -0.1) is 0 Å². The van der Waals surface area contributed by atoms with E-state index in [1.807, 2.05) is 0 Å². The van der Waals surface area contributed by atoms with E-state index >= 15 is 0 Å². The molecule has 0 bridgehead atoms. The fraction of sp³-hybridized carbons (Fsp3) is 0.481. The highest BCUT2D eigenvalue weighted by atomic mass is 16.6. The summed E-state index contributed by atoms with van der Waals surface area (Å²) in [6, 6.07) is 9.83. The fourth-order valence-corrected chi connectivity index (χ4v) is 9.82. The van der Waals surface area contributed by atoms with Crippen LogP contribution in [0.4, 0.5) is 21.9 Å². The first-order chi connectivity index (χ1) is 37.0. The average molecular weight is 1070 g/mol. The number of nitrogens with one attached hydrogen (secondary N) is 4. The molecule has 2 fully saturated rings. The van der Waals surface area contributed by atoms with Gasteiger partial charge in [0.2, 0.25) is 23.6 Å². The number of aliphatic imine (C=N–C) groups is 1. The van der Waals surface area contributed by atoms with E-state index in [1.54, 1.807) is 72.5 Å². The first-order valence-corrected chi connectivity index (χ1v) is 25.7. The molecule has 1 spiro atoms. The molecule has 0 aromatic heterocycles. The standard InChI is InChI=1S/C54H67N9O14/c1-30(2)47(60-46(66)25-57-45(65)23-55)49(68)58-31(3)48(67)59-34-11-9-32(10-12-34)28-77-53(72)63-39-21-44(42(74-5)19-37(39)51(70)62-29-54(13-14-54)22-40(62)52(63)71)76-16-8-6-7-15-75-43-20-38-36(18-41(43)73-4)50(69)61-26-33(27-64)17-35(61)24-56-38/h9-12,18-21,24,26,30-31,35,40,47,52,64,71H,6-8,13-17,22-23,25,27-29,55H2,1-5H3,(H,57,65)(H,58,68)(H,59,67)(H,60,66)/t31-,35-,40-,47-,52?/m0/s1. The Morgan fingerprint density at radius 2 is 1.52 bits per heavy atom. The Morgan fingerprint density at radius 3 is 2.16 bits per heavy atom. The van der Waals surface area contributed by atoms with Gasteiger partial charge >= 0.3 is 6.09 Å². The molecular weight excluding hydrogens is 999 g/mol. The lowest BCUT2D eigenvalue weighted by Crippen LogP contribution is -2.55. The lowest BCUT2D eigenvalue weighted by atomic mass is 10.0. The number of fused-ring (bicyclic) bond motifs is 4. The van der Waals surface area contributed by atoms with Crippen molar-refractivity contribution in [3.63, 3.8) is 0 Å². The normalized spacial score (nSPS) is 19.4. The van der Waals surface area contributed by atoms with E-state index in [-0.39, 0.29) is 84.8 Å². The molecule has 5 atom stereocenters. The van der Waals surface area contributed by atoms with E-state index in [0.29, 0.717) is 79.3 Å². The van der Waals surface area contributed by atoms with Crippen molar-refractivity contribution in [2.45, 2.75) is 103 Å². The highest BCUT2D eigenvalue weighted by Gasteiger charge is 2.58. The number of amides is 7. The van der Waals surface area contributed by atoms with Crippen LogP contribution in [0.25, 0.3) is 0 Å². The third kappa shape index (κ3) is 12.6. The Hall–Kier alpha value is -7.76. The molecule has 23 heteroatoms. The quantitative estimate of drug-likeness (QED) is 0.0711. The van der Waals surface area contributed by atoms with Crippen LogP contribution in [-0.2, 0) is 30.5 Å². The second kappa shape index (κ2) is 24.1. The van der Waals surface area contributed by atoms with Crippen molar-refractivity contribution in [1.82, 2.24) is 25.8 Å². The Morgan fingerprint density at radius 1 is 0.844 bits per heavy atom. The highest BCUT2D eigenvalue weighted by Crippen LogP contribution is 2.57. The molecule has 77 heavy (non-hydrogen) atoms. The zero-order chi connectivity index (χ0) is 55.1. The second-order valence-corrected chi connectivity index (χ2v) is 20.2. The van der Waals surface area contributed by atoms with Crippen LogP contribution >= 0.6 is 0 Å². The maximum absolute atomic E-state index is 14.3. The van der Waals surface area contributed by atoms with E-state index in [1.165, 1.54) is 33.3 Å². The van der Waals surface area contributed by atoms with Crippen LogP contribution in [0, 0.1) is 11.3 Å². The maximum Gasteiger partial charge on any atom is 0.416 e. The Bertz CT molecular complexity index is 2820. The molecule has 0 radical (unpaired) electrons. The number of aliphatic hydroxyl groups is 2. The van der Waals surface area contributed by atoms with Crippen LogP contribution in [0.2, 0.25) is 0 Å². The maximum atomic E-state index is 14.3. The van der Waals surface area contributed by atoms with Gasteiger partial charge in [-0.25, -0.2) is 9.69 Å². The van der Waals surface area contributed by atoms with Crippen molar-refractivity contribution in [2.75, 3.05) is 63.9 Å². The predicted octanol–water partition coefficient (Wildman–Crippen LogP) is 3.27. The summed E-state index contributed by atoms with van der Waals surface area (Å²) >= 11 is 0. The van der Waals surface area contributed by atoms with E-state index < -0.39 is 54.1 Å². The number of unbranched alkanes of at least 4 members (excludes halogenated alkanes) is 2. The smallest absolute Gasteiger partial charge is 0.416 e. The predicted molar refractivity (Wildman–Crippen MR) is 280 cm³/mol. The largest absolute Gasteiger partial charge is 0.493 e. The van der Waals surface area contributed by atoms with Crippen molar-refractivity contribution in [3.05, 3.63) is 77.0 Å². The van der Waals surface area contributed by atoms with Gasteiger partial charge in [-0.2, -0.15) is 0 Å². The minimum atomic E-state index is -1.45. The molecule has 8 N–H and O–H groups in total. The molecule has 8 rings (SSSR count). The first-order valence-electron chi connectivity index (χ1n) is 25.7. The summed E-state index contributed by atoms with van der Waals surface area (Å²) in [5, 5.41) is 31.9. The summed E-state index contributed by atoms with van der Waals surface area (Å²) in [6.07, 6.45) is 5.76. The molecule has 1 aliphatic carbocycles.